The molecule has 10 heteroatoms. The van der Waals surface area contributed by atoms with Gasteiger partial charge in [-0.15, -0.1) is 0 Å². The van der Waals surface area contributed by atoms with Gasteiger partial charge in [0, 0.05) is 19.2 Å². The van der Waals surface area contributed by atoms with Crippen molar-refractivity contribution in [3.8, 4) is 0 Å². The number of sulfonamides is 1. The Labute approximate surface area is 182 Å². The van der Waals surface area contributed by atoms with Gasteiger partial charge in [-0.2, -0.15) is 4.31 Å². The van der Waals surface area contributed by atoms with Crippen LogP contribution in [0.2, 0.25) is 0 Å². The van der Waals surface area contributed by atoms with Crippen LogP contribution in [0.15, 0.2) is 47.4 Å². The maximum absolute atomic E-state index is 13.2. The van der Waals surface area contributed by atoms with E-state index in [0.717, 1.165) is 16.6 Å². The van der Waals surface area contributed by atoms with E-state index in [1.807, 2.05) is 45.9 Å². The molecule has 2 heterocycles. The zero-order valence-corrected chi connectivity index (χ0v) is 18.8. The highest BCUT2D eigenvalue weighted by atomic mass is 32.2. The first kappa shape index (κ1) is 21.9. The van der Waals surface area contributed by atoms with E-state index >= 15 is 0 Å². The van der Waals surface area contributed by atoms with E-state index in [2.05, 4.69) is 0 Å². The van der Waals surface area contributed by atoms with Gasteiger partial charge >= 0.3 is 7.12 Å². The lowest BCUT2D eigenvalue weighted by atomic mass is 9.77. The van der Waals surface area contributed by atoms with Crippen LogP contribution in [0.25, 0.3) is 0 Å². The predicted octanol–water partition coefficient (Wildman–Crippen LogP) is 2.64. The van der Waals surface area contributed by atoms with E-state index in [9.17, 15) is 18.5 Å². The zero-order valence-electron chi connectivity index (χ0n) is 18.0. The van der Waals surface area contributed by atoms with Gasteiger partial charge in [0.2, 0.25) is 10.0 Å². The molecule has 2 aromatic rings. The maximum Gasteiger partial charge on any atom is 0.494 e. The molecule has 0 aliphatic carbocycles. The molecule has 8 nitrogen and oxygen atoms in total. The number of benzene rings is 2. The van der Waals surface area contributed by atoms with Gasteiger partial charge in [0.15, 0.2) is 4.90 Å². The van der Waals surface area contributed by atoms with Crippen LogP contribution >= 0.6 is 0 Å². The molecule has 0 bridgehead atoms. The van der Waals surface area contributed by atoms with Crippen molar-refractivity contribution in [2.24, 2.45) is 0 Å². The van der Waals surface area contributed by atoms with Crippen LogP contribution < -0.4 is 5.46 Å². The number of hydrogen-bond donors (Lipinski definition) is 0. The van der Waals surface area contributed by atoms with E-state index < -0.39 is 39.0 Å². The summed E-state index contributed by atoms with van der Waals surface area (Å²) in [5, 5.41) is 11.3. The molecule has 0 unspecified atom stereocenters. The van der Waals surface area contributed by atoms with Crippen molar-refractivity contribution in [2.75, 3.05) is 6.54 Å². The molecular formula is C21H25BN2O6S. The summed E-state index contributed by atoms with van der Waals surface area (Å²) in [6, 6.07) is 11.3. The molecule has 4 rings (SSSR count). The number of nitrogens with zero attached hydrogens (tertiary/aromatic N) is 2. The fourth-order valence-corrected chi connectivity index (χ4v) is 5.42. The number of hydrogen-bond acceptors (Lipinski definition) is 6. The van der Waals surface area contributed by atoms with E-state index in [1.54, 1.807) is 0 Å². The van der Waals surface area contributed by atoms with Crippen molar-refractivity contribution < 1.29 is 22.6 Å². The minimum Gasteiger partial charge on any atom is -0.399 e. The molecule has 2 aliphatic rings. The number of rotatable bonds is 4. The van der Waals surface area contributed by atoms with Crippen molar-refractivity contribution in [3.05, 3.63) is 63.7 Å². The van der Waals surface area contributed by atoms with Gasteiger partial charge in [0.1, 0.15) is 0 Å². The van der Waals surface area contributed by atoms with Crippen molar-refractivity contribution >= 4 is 28.3 Å². The number of nitro benzene ring substituents is 1. The minimum absolute atomic E-state index is 0.136. The molecule has 0 saturated carbocycles. The standard InChI is InChI=1S/C21H25BN2O6S/c1-20(2)21(3,4)30-22(29-20)17-10-9-15-11-12-23(14-16(15)13-17)31(27,28)19-8-6-5-7-18(19)24(25)26/h5-10,13H,11-12,14H2,1-4H3. The molecule has 0 atom stereocenters. The fraction of sp³-hybridized carbons (Fsp3) is 0.429. The van der Waals surface area contributed by atoms with Crippen molar-refractivity contribution in [3.63, 3.8) is 0 Å². The minimum atomic E-state index is -4.02. The summed E-state index contributed by atoms with van der Waals surface area (Å²) in [5.41, 5.74) is 1.35. The van der Waals surface area contributed by atoms with E-state index in [1.165, 1.54) is 28.6 Å². The van der Waals surface area contributed by atoms with E-state index in [4.69, 9.17) is 9.31 Å². The third-order valence-corrected chi connectivity index (χ3v) is 8.31. The highest BCUT2D eigenvalue weighted by molar-refractivity contribution is 7.89. The van der Waals surface area contributed by atoms with Crippen LogP contribution in [0.4, 0.5) is 5.69 Å². The van der Waals surface area contributed by atoms with Gasteiger partial charge in [-0.25, -0.2) is 8.42 Å². The first-order valence-corrected chi connectivity index (χ1v) is 11.6. The van der Waals surface area contributed by atoms with Crippen LogP contribution in [0.1, 0.15) is 38.8 Å². The summed E-state index contributed by atoms with van der Waals surface area (Å²) in [6.07, 6.45) is 0.527. The summed E-state index contributed by atoms with van der Waals surface area (Å²) in [6.45, 7) is 8.31. The smallest absolute Gasteiger partial charge is 0.399 e. The summed E-state index contributed by atoms with van der Waals surface area (Å²) >= 11 is 0. The average molecular weight is 444 g/mol. The van der Waals surface area contributed by atoms with Crippen LogP contribution in [0.3, 0.4) is 0 Å². The van der Waals surface area contributed by atoms with Crippen LogP contribution in [-0.2, 0) is 32.3 Å². The van der Waals surface area contributed by atoms with Crippen molar-refractivity contribution in [2.45, 2.75) is 56.8 Å². The normalized spacial score (nSPS) is 20.5. The van der Waals surface area contributed by atoms with Crippen LogP contribution in [-0.4, -0.2) is 42.5 Å². The maximum atomic E-state index is 13.2. The molecule has 0 radical (unpaired) electrons. The number of fused-ring (bicyclic) bond motifs is 1. The average Bonchev–Trinajstić information content (AvgIpc) is 2.94. The lowest BCUT2D eigenvalue weighted by Gasteiger charge is -2.32. The highest BCUT2D eigenvalue weighted by Crippen LogP contribution is 2.37. The Morgan fingerprint density at radius 1 is 1.03 bits per heavy atom. The van der Waals surface area contributed by atoms with Gasteiger partial charge in [-0.05, 0) is 56.8 Å². The molecule has 1 fully saturated rings. The molecule has 1 saturated heterocycles. The third-order valence-electron chi connectivity index (χ3n) is 6.41. The molecule has 164 valence electrons. The monoisotopic (exact) mass is 444 g/mol. The second kappa shape index (κ2) is 7.41. The van der Waals surface area contributed by atoms with Gasteiger partial charge in [0.25, 0.3) is 5.69 Å². The Bertz CT molecular complexity index is 1130. The first-order chi connectivity index (χ1) is 14.4. The molecule has 0 amide bonds. The zero-order chi connectivity index (χ0) is 22.6. The molecule has 0 aromatic heterocycles. The van der Waals surface area contributed by atoms with E-state index in [0.29, 0.717) is 6.42 Å². The summed E-state index contributed by atoms with van der Waals surface area (Å²) in [4.78, 5) is 10.4. The second-order valence-corrected chi connectivity index (χ2v) is 10.8. The lowest BCUT2D eigenvalue weighted by molar-refractivity contribution is -0.387. The van der Waals surface area contributed by atoms with Gasteiger partial charge in [-0.3, -0.25) is 10.1 Å². The SMILES string of the molecule is CC1(C)OB(c2ccc3c(c2)CN(S(=O)(=O)c2ccccc2[N+](=O)[O-])CC3)OC1(C)C. The molecule has 31 heavy (non-hydrogen) atoms. The van der Waals surface area contributed by atoms with Gasteiger partial charge in [-0.1, -0.05) is 30.3 Å². The van der Waals surface area contributed by atoms with Gasteiger partial charge in [0.05, 0.1) is 16.1 Å². The largest absolute Gasteiger partial charge is 0.494 e. The topological polar surface area (TPSA) is 99.0 Å². The van der Waals surface area contributed by atoms with Crippen LogP contribution in [0, 0.1) is 10.1 Å². The predicted molar refractivity (Wildman–Crippen MR) is 117 cm³/mol. The fourth-order valence-electron chi connectivity index (χ4n) is 3.85. The van der Waals surface area contributed by atoms with E-state index in [-0.39, 0.29) is 18.0 Å². The molecule has 0 N–H and O–H groups in total. The summed E-state index contributed by atoms with van der Waals surface area (Å²) in [5.74, 6) is 0. The Balaban J connectivity index is 1.64. The first-order valence-electron chi connectivity index (χ1n) is 10.1. The molecule has 0 spiro atoms. The number of nitro groups is 1. The quantitative estimate of drug-likeness (QED) is 0.409. The van der Waals surface area contributed by atoms with Crippen molar-refractivity contribution in [1.82, 2.24) is 4.31 Å². The van der Waals surface area contributed by atoms with Crippen molar-refractivity contribution in [1.29, 1.82) is 0 Å². The molecular weight excluding hydrogens is 419 g/mol. The molecule has 2 aliphatic heterocycles. The summed E-state index contributed by atoms with van der Waals surface area (Å²) in [7, 11) is -4.56. The highest BCUT2D eigenvalue weighted by Gasteiger charge is 2.51. The summed E-state index contributed by atoms with van der Waals surface area (Å²) < 4.78 is 39.9. The Kier molecular flexibility index (Phi) is 5.24. The lowest BCUT2D eigenvalue weighted by Crippen LogP contribution is -2.41. The van der Waals surface area contributed by atoms with Gasteiger partial charge < -0.3 is 9.31 Å². The third kappa shape index (κ3) is 3.78. The Morgan fingerprint density at radius 2 is 1.68 bits per heavy atom. The number of para-hydroxylation sites is 1. The van der Waals surface area contributed by atoms with Crippen LogP contribution in [0.5, 0.6) is 0 Å². The molecule has 2 aromatic carbocycles. The Hall–Kier alpha value is -2.27. The Morgan fingerprint density at radius 3 is 2.32 bits per heavy atom. The second-order valence-electron chi connectivity index (χ2n) is 8.93.